The molecule has 1 aromatic rings. The van der Waals surface area contributed by atoms with Crippen LogP contribution in [0.4, 0.5) is 0 Å². The summed E-state index contributed by atoms with van der Waals surface area (Å²) in [4.78, 5) is 24.0. The van der Waals surface area contributed by atoms with E-state index in [9.17, 15) is 9.59 Å². The fourth-order valence-corrected chi connectivity index (χ4v) is 4.55. The molecule has 0 atom stereocenters. The number of benzene rings is 1. The summed E-state index contributed by atoms with van der Waals surface area (Å²) in [5.41, 5.74) is 1.30. The Morgan fingerprint density at radius 2 is 1.75 bits per heavy atom. The van der Waals surface area contributed by atoms with Crippen molar-refractivity contribution in [2.45, 2.75) is 13.3 Å². The minimum absolute atomic E-state index is 0.149. The van der Waals surface area contributed by atoms with E-state index in [-0.39, 0.29) is 11.6 Å². The Labute approximate surface area is 127 Å². The summed E-state index contributed by atoms with van der Waals surface area (Å²) in [5.74, 6) is 1.62. The molecule has 0 aliphatic carbocycles. The first-order valence-corrected chi connectivity index (χ1v) is 8.44. The van der Waals surface area contributed by atoms with Crippen LogP contribution in [0.2, 0.25) is 0 Å². The molecule has 1 aliphatic heterocycles. The normalized spacial score (nSPS) is 15.3. The third-order valence-electron chi connectivity index (χ3n) is 2.78. The predicted octanol–water partition coefficient (Wildman–Crippen LogP) is 3.94. The molecule has 104 valence electrons. The number of ketones is 2. The van der Waals surface area contributed by atoms with E-state index in [0.717, 1.165) is 27.7 Å². The average Bonchev–Trinajstić information content (AvgIpc) is 2.47. The molecule has 0 N–H and O–H groups in total. The van der Waals surface area contributed by atoms with Crippen LogP contribution in [0, 0.1) is 0 Å². The maximum atomic E-state index is 12.3. The van der Waals surface area contributed by atoms with Crippen molar-refractivity contribution >= 4 is 41.2 Å². The molecule has 1 saturated heterocycles. The van der Waals surface area contributed by atoms with Gasteiger partial charge in [-0.25, -0.2) is 0 Å². The van der Waals surface area contributed by atoms with Gasteiger partial charge in [-0.05, 0) is 36.5 Å². The van der Waals surface area contributed by atoms with Crippen molar-refractivity contribution in [3.8, 4) is 0 Å². The Morgan fingerprint density at radius 1 is 1.10 bits per heavy atom. The second kappa shape index (κ2) is 7.50. The lowest BCUT2D eigenvalue weighted by molar-refractivity contribution is -0.118. The van der Waals surface area contributed by atoms with Crippen LogP contribution in [0.15, 0.2) is 46.2 Å². The molecule has 0 spiro atoms. The molecule has 4 heteroatoms. The number of carbonyl (C=O) groups excluding carboxylic acids is 2. The van der Waals surface area contributed by atoms with Crippen molar-refractivity contribution in [3.63, 3.8) is 0 Å². The van der Waals surface area contributed by atoms with E-state index in [1.54, 1.807) is 29.6 Å². The first kappa shape index (κ1) is 15.1. The molecular formula is C16H16O2S2. The van der Waals surface area contributed by atoms with Crippen LogP contribution in [0.5, 0.6) is 0 Å². The van der Waals surface area contributed by atoms with Gasteiger partial charge in [0.1, 0.15) is 0 Å². The SMILES string of the molecule is CC(=O)C(C(=O)C=Cc1ccccc1)=C1SCCCS1. The Hall–Kier alpha value is -1.26. The monoisotopic (exact) mass is 304 g/mol. The van der Waals surface area contributed by atoms with Crippen LogP contribution in [-0.2, 0) is 9.59 Å². The molecule has 20 heavy (non-hydrogen) atoms. The van der Waals surface area contributed by atoms with E-state index in [4.69, 9.17) is 0 Å². The van der Waals surface area contributed by atoms with Gasteiger partial charge in [0.2, 0.25) is 0 Å². The largest absolute Gasteiger partial charge is 0.294 e. The second-order valence-corrected chi connectivity index (χ2v) is 6.85. The lowest BCUT2D eigenvalue weighted by Crippen LogP contribution is -2.11. The highest BCUT2D eigenvalue weighted by Crippen LogP contribution is 2.37. The Balaban J connectivity index is 2.20. The summed E-state index contributed by atoms with van der Waals surface area (Å²) in [5, 5.41) is 0. The zero-order valence-corrected chi connectivity index (χ0v) is 12.9. The molecule has 1 fully saturated rings. The van der Waals surface area contributed by atoms with Gasteiger partial charge in [0.05, 0.1) is 9.81 Å². The fourth-order valence-electron chi connectivity index (χ4n) is 1.81. The van der Waals surface area contributed by atoms with E-state index in [0.29, 0.717) is 5.57 Å². The molecule has 1 aliphatic rings. The van der Waals surface area contributed by atoms with Crippen LogP contribution in [0.1, 0.15) is 18.9 Å². The maximum Gasteiger partial charge on any atom is 0.191 e. The molecule has 0 bridgehead atoms. The lowest BCUT2D eigenvalue weighted by atomic mass is 10.1. The molecule has 0 radical (unpaired) electrons. The molecule has 2 rings (SSSR count). The van der Waals surface area contributed by atoms with Gasteiger partial charge >= 0.3 is 0 Å². The molecule has 1 heterocycles. The molecule has 0 saturated carbocycles. The first-order valence-electron chi connectivity index (χ1n) is 6.47. The zero-order valence-electron chi connectivity index (χ0n) is 11.3. The summed E-state index contributed by atoms with van der Waals surface area (Å²) in [6.45, 7) is 1.46. The number of carbonyl (C=O) groups is 2. The van der Waals surface area contributed by atoms with Crippen molar-refractivity contribution in [1.82, 2.24) is 0 Å². The molecule has 0 unspecified atom stereocenters. The Kier molecular flexibility index (Phi) is 5.68. The van der Waals surface area contributed by atoms with Gasteiger partial charge in [-0.2, -0.15) is 0 Å². The van der Waals surface area contributed by atoms with Crippen LogP contribution >= 0.6 is 23.5 Å². The van der Waals surface area contributed by atoms with E-state index >= 15 is 0 Å². The van der Waals surface area contributed by atoms with Gasteiger partial charge in [0.25, 0.3) is 0 Å². The fraction of sp³-hybridized carbons (Fsp3) is 0.250. The highest BCUT2D eigenvalue weighted by molar-refractivity contribution is 8.22. The number of rotatable bonds is 4. The number of Topliss-reactive ketones (excluding diaryl/α,β-unsaturated/α-hetero) is 1. The van der Waals surface area contributed by atoms with Gasteiger partial charge in [0.15, 0.2) is 11.6 Å². The molecule has 1 aromatic carbocycles. The Bertz CT molecular complexity index is 551. The van der Waals surface area contributed by atoms with Crippen molar-refractivity contribution in [3.05, 3.63) is 51.8 Å². The number of thioether (sulfide) groups is 2. The van der Waals surface area contributed by atoms with Gasteiger partial charge in [-0.15, -0.1) is 23.5 Å². The van der Waals surface area contributed by atoms with Gasteiger partial charge < -0.3 is 0 Å². The maximum absolute atomic E-state index is 12.3. The van der Waals surface area contributed by atoms with Crippen LogP contribution in [-0.4, -0.2) is 23.1 Å². The van der Waals surface area contributed by atoms with E-state index in [2.05, 4.69) is 0 Å². The van der Waals surface area contributed by atoms with Crippen LogP contribution in [0.3, 0.4) is 0 Å². The van der Waals surface area contributed by atoms with Crippen molar-refractivity contribution in [2.24, 2.45) is 0 Å². The van der Waals surface area contributed by atoms with Gasteiger partial charge in [-0.3, -0.25) is 9.59 Å². The quantitative estimate of drug-likeness (QED) is 0.479. The predicted molar refractivity (Wildman–Crippen MR) is 87.7 cm³/mol. The van der Waals surface area contributed by atoms with Crippen molar-refractivity contribution in [1.29, 1.82) is 0 Å². The minimum atomic E-state index is -0.196. The minimum Gasteiger partial charge on any atom is -0.294 e. The highest BCUT2D eigenvalue weighted by Gasteiger charge is 2.20. The smallest absolute Gasteiger partial charge is 0.191 e. The van der Waals surface area contributed by atoms with Crippen molar-refractivity contribution in [2.75, 3.05) is 11.5 Å². The topological polar surface area (TPSA) is 34.1 Å². The Morgan fingerprint density at radius 3 is 2.35 bits per heavy atom. The zero-order chi connectivity index (χ0) is 14.4. The third kappa shape index (κ3) is 4.12. The lowest BCUT2D eigenvalue weighted by Gasteiger charge is -2.15. The third-order valence-corrected chi connectivity index (χ3v) is 5.41. The number of allylic oxidation sites excluding steroid dienone is 2. The molecule has 2 nitrogen and oxygen atoms in total. The summed E-state index contributed by atoms with van der Waals surface area (Å²) in [6, 6.07) is 9.61. The van der Waals surface area contributed by atoms with Gasteiger partial charge in [0, 0.05) is 0 Å². The molecule has 0 aromatic heterocycles. The van der Waals surface area contributed by atoms with Gasteiger partial charge in [-0.1, -0.05) is 36.4 Å². The summed E-state index contributed by atoms with van der Waals surface area (Å²) >= 11 is 3.23. The summed E-state index contributed by atoms with van der Waals surface area (Å²) in [6.07, 6.45) is 4.37. The van der Waals surface area contributed by atoms with Crippen molar-refractivity contribution < 1.29 is 9.59 Å². The second-order valence-electron chi connectivity index (χ2n) is 4.38. The summed E-state index contributed by atoms with van der Waals surface area (Å²) in [7, 11) is 0. The number of hydrogen-bond acceptors (Lipinski definition) is 4. The molecular weight excluding hydrogens is 288 g/mol. The van der Waals surface area contributed by atoms with Crippen LogP contribution in [0.25, 0.3) is 6.08 Å². The highest BCUT2D eigenvalue weighted by atomic mass is 32.2. The number of hydrogen-bond donors (Lipinski definition) is 0. The van der Waals surface area contributed by atoms with E-state index < -0.39 is 0 Å². The van der Waals surface area contributed by atoms with E-state index in [1.165, 1.54) is 13.0 Å². The summed E-state index contributed by atoms with van der Waals surface area (Å²) < 4.78 is 0.881. The first-order chi connectivity index (χ1) is 9.68. The molecule has 0 amide bonds. The van der Waals surface area contributed by atoms with E-state index in [1.807, 2.05) is 30.3 Å². The standard InChI is InChI=1S/C16H16O2S2/c1-12(17)15(16-19-10-5-11-20-16)14(18)9-8-13-6-3-2-4-7-13/h2-4,6-9H,5,10-11H2,1H3. The van der Waals surface area contributed by atoms with Crippen LogP contribution < -0.4 is 0 Å². The average molecular weight is 304 g/mol.